The second-order valence-electron chi connectivity index (χ2n) is 5.78. The van der Waals surface area contributed by atoms with Crippen LogP contribution in [0, 0.1) is 0 Å². The molecule has 1 amide bonds. The highest BCUT2D eigenvalue weighted by Crippen LogP contribution is 2.40. The summed E-state index contributed by atoms with van der Waals surface area (Å²) in [5.41, 5.74) is 1.79. The van der Waals surface area contributed by atoms with Crippen LogP contribution in [0.5, 0.6) is 17.2 Å². The third-order valence-electron chi connectivity index (χ3n) is 3.95. The molecule has 7 nitrogen and oxygen atoms in total. The Morgan fingerprint density at radius 1 is 1.04 bits per heavy atom. The Morgan fingerprint density at radius 3 is 2.23 bits per heavy atom. The van der Waals surface area contributed by atoms with E-state index < -0.39 is 0 Å². The number of carbonyl (C=O) groups is 1. The van der Waals surface area contributed by atoms with Crippen molar-refractivity contribution in [1.29, 1.82) is 0 Å². The molecule has 140 valence electrons. The number of methoxy groups -OCH3 is 3. The molecule has 7 heteroatoms. The van der Waals surface area contributed by atoms with Gasteiger partial charge in [-0.1, -0.05) is 6.92 Å². The first-order valence-corrected chi connectivity index (χ1v) is 8.35. The maximum Gasteiger partial charge on any atom is 0.257 e. The average molecular weight is 359 g/mol. The number of nitrogens with one attached hydrogen (secondary N) is 2. The minimum Gasteiger partial charge on any atom is -0.493 e. The SMILES string of the molecule is CCC(C)Nc1cncc(C(=O)Nc2cc(OC)c(OC)c(OC)c2)c1. The maximum absolute atomic E-state index is 12.6. The number of pyridine rings is 1. The average Bonchev–Trinajstić information content (AvgIpc) is 2.67. The lowest BCUT2D eigenvalue weighted by molar-refractivity contribution is 0.102. The molecule has 0 fully saturated rings. The second kappa shape index (κ2) is 8.94. The number of rotatable bonds is 8. The number of anilines is 2. The molecule has 1 atom stereocenters. The number of nitrogens with zero attached hydrogens (tertiary/aromatic N) is 1. The summed E-state index contributed by atoms with van der Waals surface area (Å²) in [4.78, 5) is 16.7. The molecule has 1 aromatic heterocycles. The number of ether oxygens (including phenoxy) is 3. The largest absolute Gasteiger partial charge is 0.493 e. The van der Waals surface area contributed by atoms with Gasteiger partial charge < -0.3 is 24.8 Å². The zero-order chi connectivity index (χ0) is 19.1. The molecule has 2 N–H and O–H groups in total. The number of carbonyl (C=O) groups excluding carboxylic acids is 1. The van der Waals surface area contributed by atoms with Gasteiger partial charge in [-0.3, -0.25) is 9.78 Å². The van der Waals surface area contributed by atoms with E-state index in [1.165, 1.54) is 27.5 Å². The lowest BCUT2D eigenvalue weighted by Crippen LogP contribution is -2.16. The Balaban J connectivity index is 2.23. The van der Waals surface area contributed by atoms with Crippen molar-refractivity contribution in [2.45, 2.75) is 26.3 Å². The summed E-state index contributed by atoms with van der Waals surface area (Å²) in [6.07, 6.45) is 4.19. The molecule has 2 rings (SSSR count). The van der Waals surface area contributed by atoms with E-state index in [0.717, 1.165) is 12.1 Å². The first-order chi connectivity index (χ1) is 12.5. The van der Waals surface area contributed by atoms with Crippen molar-refractivity contribution in [3.8, 4) is 17.2 Å². The molecular formula is C19H25N3O4. The van der Waals surface area contributed by atoms with Gasteiger partial charge >= 0.3 is 0 Å². The van der Waals surface area contributed by atoms with Crippen LogP contribution in [0.1, 0.15) is 30.6 Å². The molecule has 1 heterocycles. The molecule has 0 saturated heterocycles. The quantitative estimate of drug-likeness (QED) is 0.750. The summed E-state index contributed by atoms with van der Waals surface area (Å²) in [5, 5.41) is 6.13. The molecule has 26 heavy (non-hydrogen) atoms. The van der Waals surface area contributed by atoms with E-state index in [1.54, 1.807) is 24.4 Å². The van der Waals surface area contributed by atoms with Gasteiger partial charge in [0.2, 0.25) is 5.75 Å². The Kier molecular flexibility index (Phi) is 6.66. The highest BCUT2D eigenvalue weighted by molar-refractivity contribution is 6.04. The standard InChI is InChI=1S/C19H25N3O4/c1-6-12(2)21-15-7-13(10-20-11-15)19(23)22-14-8-16(24-3)18(26-5)17(9-14)25-4/h7-12,21H,6H2,1-5H3,(H,22,23). The lowest BCUT2D eigenvalue weighted by Gasteiger charge is -2.15. The number of benzene rings is 1. The normalized spacial score (nSPS) is 11.4. The molecule has 0 bridgehead atoms. The fraction of sp³-hybridized carbons (Fsp3) is 0.368. The van der Waals surface area contributed by atoms with Crippen molar-refractivity contribution in [2.75, 3.05) is 32.0 Å². The van der Waals surface area contributed by atoms with Gasteiger partial charge in [0.05, 0.1) is 32.6 Å². The smallest absolute Gasteiger partial charge is 0.257 e. The van der Waals surface area contributed by atoms with Crippen molar-refractivity contribution < 1.29 is 19.0 Å². The molecule has 2 aromatic rings. The topological polar surface area (TPSA) is 81.7 Å². The number of hydrogen-bond acceptors (Lipinski definition) is 6. The van der Waals surface area contributed by atoms with Gasteiger partial charge in [0.1, 0.15) is 0 Å². The predicted molar refractivity (Wildman–Crippen MR) is 102 cm³/mol. The molecule has 0 spiro atoms. The van der Waals surface area contributed by atoms with Gasteiger partial charge in [-0.15, -0.1) is 0 Å². The first kappa shape index (κ1) is 19.4. The zero-order valence-electron chi connectivity index (χ0n) is 15.8. The molecule has 0 aliphatic carbocycles. The number of hydrogen-bond donors (Lipinski definition) is 2. The van der Waals surface area contributed by atoms with Crippen molar-refractivity contribution in [1.82, 2.24) is 4.98 Å². The third kappa shape index (κ3) is 4.56. The summed E-state index contributed by atoms with van der Waals surface area (Å²) in [6, 6.07) is 5.42. The monoisotopic (exact) mass is 359 g/mol. The van der Waals surface area contributed by atoms with E-state index >= 15 is 0 Å². The summed E-state index contributed by atoms with van der Waals surface area (Å²) >= 11 is 0. The molecule has 0 aliphatic heterocycles. The van der Waals surface area contributed by atoms with Crippen molar-refractivity contribution in [2.24, 2.45) is 0 Å². The van der Waals surface area contributed by atoms with Crippen LogP contribution in [0.3, 0.4) is 0 Å². The van der Waals surface area contributed by atoms with Crippen LogP contribution >= 0.6 is 0 Å². The summed E-state index contributed by atoms with van der Waals surface area (Å²) in [7, 11) is 4.58. The maximum atomic E-state index is 12.6. The first-order valence-electron chi connectivity index (χ1n) is 8.35. The minimum absolute atomic E-state index is 0.278. The van der Waals surface area contributed by atoms with Gasteiger partial charge in [0.15, 0.2) is 11.5 Å². The van der Waals surface area contributed by atoms with Crippen LogP contribution in [0.15, 0.2) is 30.6 Å². The van der Waals surface area contributed by atoms with Crippen molar-refractivity contribution in [3.63, 3.8) is 0 Å². The lowest BCUT2D eigenvalue weighted by atomic mass is 10.2. The molecule has 1 aromatic carbocycles. The zero-order valence-corrected chi connectivity index (χ0v) is 15.8. The highest BCUT2D eigenvalue weighted by atomic mass is 16.5. The van der Waals surface area contributed by atoms with Gasteiger partial charge in [0, 0.05) is 36.3 Å². The van der Waals surface area contributed by atoms with E-state index in [1.807, 2.05) is 0 Å². The Bertz CT molecular complexity index is 739. The molecule has 0 aliphatic rings. The van der Waals surface area contributed by atoms with Crippen LogP contribution in [0.25, 0.3) is 0 Å². The fourth-order valence-electron chi connectivity index (χ4n) is 2.39. The highest BCUT2D eigenvalue weighted by Gasteiger charge is 2.15. The van der Waals surface area contributed by atoms with Crippen molar-refractivity contribution >= 4 is 17.3 Å². The van der Waals surface area contributed by atoms with E-state index in [0.29, 0.717) is 34.5 Å². The van der Waals surface area contributed by atoms with Crippen LogP contribution < -0.4 is 24.8 Å². The molecule has 0 saturated carbocycles. The molecular weight excluding hydrogens is 334 g/mol. The van der Waals surface area contributed by atoms with Crippen LogP contribution in [-0.4, -0.2) is 38.3 Å². The van der Waals surface area contributed by atoms with Crippen LogP contribution in [-0.2, 0) is 0 Å². The summed E-state index contributed by atoms with van der Waals surface area (Å²) in [5.74, 6) is 1.12. The van der Waals surface area contributed by atoms with E-state index in [-0.39, 0.29) is 5.91 Å². The van der Waals surface area contributed by atoms with E-state index in [4.69, 9.17) is 14.2 Å². The van der Waals surface area contributed by atoms with Crippen molar-refractivity contribution in [3.05, 3.63) is 36.2 Å². The Morgan fingerprint density at radius 2 is 1.69 bits per heavy atom. The number of amides is 1. The number of aromatic nitrogens is 1. The van der Waals surface area contributed by atoms with Gasteiger partial charge in [-0.05, 0) is 19.4 Å². The molecule has 0 radical (unpaired) electrons. The van der Waals surface area contributed by atoms with Gasteiger partial charge in [0.25, 0.3) is 5.91 Å². The van der Waals surface area contributed by atoms with Crippen LogP contribution in [0.4, 0.5) is 11.4 Å². The van der Waals surface area contributed by atoms with Gasteiger partial charge in [-0.25, -0.2) is 0 Å². The Labute approximate surface area is 153 Å². The third-order valence-corrected chi connectivity index (χ3v) is 3.95. The summed E-state index contributed by atoms with van der Waals surface area (Å²) in [6.45, 7) is 4.16. The Hall–Kier alpha value is -2.96. The predicted octanol–water partition coefficient (Wildman–Crippen LogP) is 3.57. The molecule has 1 unspecified atom stereocenters. The van der Waals surface area contributed by atoms with E-state index in [9.17, 15) is 4.79 Å². The minimum atomic E-state index is -0.278. The fourth-order valence-corrected chi connectivity index (χ4v) is 2.39. The van der Waals surface area contributed by atoms with Gasteiger partial charge in [-0.2, -0.15) is 0 Å². The summed E-state index contributed by atoms with van der Waals surface area (Å²) < 4.78 is 15.9. The van der Waals surface area contributed by atoms with E-state index in [2.05, 4.69) is 29.5 Å². The second-order valence-corrected chi connectivity index (χ2v) is 5.78. The van der Waals surface area contributed by atoms with Crippen LogP contribution in [0.2, 0.25) is 0 Å².